The molecule has 3 aromatic rings. The van der Waals surface area contributed by atoms with E-state index in [-0.39, 0.29) is 6.04 Å². The van der Waals surface area contributed by atoms with E-state index in [0.717, 1.165) is 25.5 Å². The molecule has 2 aromatic heterocycles. The fourth-order valence-electron chi connectivity index (χ4n) is 3.41. The van der Waals surface area contributed by atoms with Gasteiger partial charge in [-0.05, 0) is 17.2 Å². The zero-order valence-electron chi connectivity index (χ0n) is 13.5. The standard InChI is InChI=1S/C19H21N5/c20-18-13-23(12-17(18)16-4-2-1-3-5-16)11-15-6-7-19(22-10-15)24-9-8-21-14-24/h1-10,14,17-18H,11-13,20H2/t17-,18+/m0/s1. The van der Waals surface area contributed by atoms with Crippen LogP contribution in [0.1, 0.15) is 17.0 Å². The molecule has 1 saturated heterocycles. The first kappa shape index (κ1) is 15.1. The second-order valence-electron chi connectivity index (χ2n) is 6.37. The minimum atomic E-state index is 0.186. The van der Waals surface area contributed by atoms with Crippen LogP contribution in [-0.2, 0) is 6.54 Å². The van der Waals surface area contributed by atoms with Gasteiger partial charge in [-0.1, -0.05) is 36.4 Å². The Morgan fingerprint density at radius 3 is 2.67 bits per heavy atom. The normalized spacial score (nSPS) is 21.2. The molecule has 0 bridgehead atoms. The molecule has 122 valence electrons. The van der Waals surface area contributed by atoms with Gasteiger partial charge in [0.2, 0.25) is 0 Å². The number of rotatable bonds is 4. The Morgan fingerprint density at radius 2 is 1.96 bits per heavy atom. The van der Waals surface area contributed by atoms with Gasteiger partial charge in [-0.3, -0.25) is 9.47 Å². The summed E-state index contributed by atoms with van der Waals surface area (Å²) in [7, 11) is 0. The number of pyridine rings is 1. The Labute approximate surface area is 141 Å². The summed E-state index contributed by atoms with van der Waals surface area (Å²) in [5, 5.41) is 0. The molecule has 0 unspecified atom stereocenters. The number of hydrogen-bond acceptors (Lipinski definition) is 4. The van der Waals surface area contributed by atoms with Gasteiger partial charge >= 0.3 is 0 Å². The van der Waals surface area contributed by atoms with E-state index >= 15 is 0 Å². The van der Waals surface area contributed by atoms with Crippen LogP contribution in [0.25, 0.3) is 5.82 Å². The monoisotopic (exact) mass is 319 g/mol. The molecule has 0 spiro atoms. The molecule has 24 heavy (non-hydrogen) atoms. The summed E-state index contributed by atoms with van der Waals surface area (Å²) in [4.78, 5) is 11.0. The lowest BCUT2D eigenvalue weighted by Crippen LogP contribution is -2.28. The molecule has 0 radical (unpaired) electrons. The van der Waals surface area contributed by atoms with Crippen molar-refractivity contribution in [3.8, 4) is 5.82 Å². The van der Waals surface area contributed by atoms with Crippen molar-refractivity contribution in [3.05, 3.63) is 78.5 Å². The van der Waals surface area contributed by atoms with E-state index in [1.807, 2.05) is 23.0 Å². The molecule has 1 aromatic carbocycles. The molecule has 0 amide bonds. The maximum atomic E-state index is 6.38. The second kappa shape index (κ2) is 6.55. The van der Waals surface area contributed by atoms with Crippen molar-refractivity contribution in [2.45, 2.75) is 18.5 Å². The molecular weight excluding hydrogens is 298 g/mol. The molecule has 1 fully saturated rings. The third kappa shape index (κ3) is 3.09. The van der Waals surface area contributed by atoms with E-state index in [1.54, 1.807) is 12.5 Å². The summed E-state index contributed by atoms with van der Waals surface area (Å²) >= 11 is 0. The predicted molar refractivity (Wildman–Crippen MR) is 93.8 cm³/mol. The number of hydrogen-bond donors (Lipinski definition) is 1. The maximum absolute atomic E-state index is 6.38. The van der Waals surface area contributed by atoms with E-state index in [2.05, 4.69) is 51.3 Å². The molecule has 2 N–H and O–H groups in total. The number of nitrogens with zero attached hydrogens (tertiary/aromatic N) is 4. The zero-order chi connectivity index (χ0) is 16.4. The van der Waals surface area contributed by atoms with Crippen molar-refractivity contribution in [2.24, 2.45) is 5.73 Å². The van der Waals surface area contributed by atoms with Gasteiger partial charge in [-0.15, -0.1) is 0 Å². The third-order valence-corrected chi connectivity index (χ3v) is 4.65. The summed E-state index contributed by atoms with van der Waals surface area (Å²) in [6, 6.07) is 14.9. The van der Waals surface area contributed by atoms with Crippen molar-refractivity contribution >= 4 is 0 Å². The van der Waals surface area contributed by atoms with Gasteiger partial charge in [-0.25, -0.2) is 9.97 Å². The highest BCUT2D eigenvalue weighted by molar-refractivity contribution is 5.26. The largest absolute Gasteiger partial charge is 0.326 e. The van der Waals surface area contributed by atoms with Crippen LogP contribution in [0, 0.1) is 0 Å². The molecule has 3 heterocycles. The SMILES string of the molecule is N[C@@H]1CN(Cc2ccc(-n3ccnc3)nc2)C[C@H]1c1ccccc1. The smallest absolute Gasteiger partial charge is 0.137 e. The molecule has 5 heteroatoms. The minimum Gasteiger partial charge on any atom is -0.326 e. The highest BCUT2D eigenvalue weighted by atomic mass is 15.2. The van der Waals surface area contributed by atoms with Crippen LogP contribution in [0.3, 0.4) is 0 Å². The topological polar surface area (TPSA) is 60.0 Å². The van der Waals surface area contributed by atoms with Crippen molar-refractivity contribution < 1.29 is 0 Å². The fourth-order valence-corrected chi connectivity index (χ4v) is 3.41. The lowest BCUT2D eigenvalue weighted by Gasteiger charge is -2.16. The molecule has 2 atom stereocenters. The van der Waals surface area contributed by atoms with E-state index in [9.17, 15) is 0 Å². The van der Waals surface area contributed by atoms with Crippen molar-refractivity contribution in [1.82, 2.24) is 19.4 Å². The van der Waals surface area contributed by atoms with E-state index in [4.69, 9.17) is 5.73 Å². The summed E-state index contributed by atoms with van der Waals surface area (Å²) in [6.07, 6.45) is 7.35. The first-order chi connectivity index (χ1) is 11.8. The van der Waals surface area contributed by atoms with Crippen molar-refractivity contribution in [1.29, 1.82) is 0 Å². The summed E-state index contributed by atoms with van der Waals surface area (Å²) in [6.45, 7) is 2.80. The molecule has 1 aliphatic rings. The second-order valence-corrected chi connectivity index (χ2v) is 6.37. The van der Waals surface area contributed by atoms with E-state index in [1.165, 1.54) is 11.1 Å². The summed E-state index contributed by atoms with van der Waals surface area (Å²) in [5.74, 6) is 1.29. The Morgan fingerprint density at radius 1 is 1.08 bits per heavy atom. The highest BCUT2D eigenvalue weighted by Crippen LogP contribution is 2.27. The lowest BCUT2D eigenvalue weighted by atomic mass is 9.95. The number of nitrogens with two attached hydrogens (primary N) is 1. The first-order valence-corrected chi connectivity index (χ1v) is 8.26. The Kier molecular flexibility index (Phi) is 4.11. The van der Waals surface area contributed by atoms with Crippen LogP contribution in [0.5, 0.6) is 0 Å². The van der Waals surface area contributed by atoms with Gasteiger partial charge in [0, 0.05) is 50.2 Å². The predicted octanol–water partition coefficient (Wildman–Crippen LogP) is 2.19. The molecule has 4 rings (SSSR count). The van der Waals surface area contributed by atoms with Gasteiger partial charge in [0.15, 0.2) is 0 Å². The van der Waals surface area contributed by atoms with E-state index in [0.29, 0.717) is 5.92 Å². The van der Waals surface area contributed by atoms with Gasteiger partial charge in [0.1, 0.15) is 12.1 Å². The Bertz CT molecular complexity index is 767. The Balaban J connectivity index is 1.43. The van der Waals surface area contributed by atoms with Gasteiger partial charge in [0.05, 0.1) is 0 Å². The summed E-state index contributed by atoms with van der Waals surface area (Å²) in [5.41, 5.74) is 8.92. The van der Waals surface area contributed by atoms with Gasteiger partial charge < -0.3 is 5.73 Å². The number of benzene rings is 1. The average molecular weight is 319 g/mol. The summed E-state index contributed by atoms with van der Waals surface area (Å²) < 4.78 is 1.90. The van der Waals surface area contributed by atoms with Crippen LogP contribution in [-0.4, -0.2) is 38.6 Å². The molecule has 0 saturated carbocycles. The zero-order valence-corrected chi connectivity index (χ0v) is 13.5. The fraction of sp³-hybridized carbons (Fsp3) is 0.263. The van der Waals surface area contributed by atoms with Gasteiger partial charge in [0.25, 0.3) is 0 Å². The van der Waals surface area contributed by atoms with Crippen LogP contribution >= 0.6 is 0 Å². The number of likely N-dealkylation sites (tertiary alicyclic amines) is 1. The van der Waals surface area contributed by atoms with Crippen molar-refractivity contribution in [2.75, 3.05) is 13.1 Å². The van der Waals surface area contributed by atoms with Crippen LogP contribution < -0.4 is 5.73 Å². The molecule has 5 nitrogen and oxygen atoms in total. The number of imidazole rings is 1. The number of aromatic nitrogens is 3. The molecule has 1 aliphatic heterocycles. The highest BCUT2D eigenvalue weighted by Gasteiger charge is 2.30. The molecule has 0 aliphatic carbocycles. The Hall–Kier alpha value is -2.50. The van der Waals surface area contributed by atoms with Crippen LogP contribution in [0.2, 0.25) is 0 Å². The maximum Gasteiger partial charge on any atom is 0.137 e. The van der Waals surface area contributed by atoms with Crippen LogP contribution in [0.15, 0.2) is 67.4 Å². The lowest BCUT2D eigenvalue weighted by molar-refractivity contribution is 0.323. The molecular formula is C19H21N5. The quantitative estimate of drug-likeness (QED) is 0.801. The first-order valence-electron chi connectivity index (χ1n) is 8.26. The van der Waals surface area contributed by atoms with Gasteiger partial charge in [-0.2, -0.15) is 0 Å². The van der Waals surface area contributed by atoms with Crippen LogP contribution in [0.4, 0.5) is 0 Å². The average Bonchev–Trinajstić information content (AvgIpc) is 3.26. The van der Waals surface area contributed by atoms with E-state index < -0.39 is 0 Å². The minimum absolute atomic E-state index is 0.186. The van der Waals surface area contributed by atoms with Crippen molar-refractivity contribution in [3.63, 3.8) is 0 Å². The third-order valence-electron chi connectivity index (χ3n) is 4.65.